The lowest BCUT2D eigenvalue weighted by molar-refractivity contribution is 0.0940. The maximum absolute atomic E-state index is 13.0. The number of nitrogens with zero attached hydrogens (tertiary/aromatic N) is 1. The first kappa shape index (κ1) is 19.9. The van der Waals surface area contributed by atoms with Crippen LogP contribution in [0.3, 0.4) is 0 Å². The molecule has 0 saturated heterocycles. The summed E-state index contributed by atoms with van der Waals surface area (Å²) in [6, 6.07) is 12.1. The van der Waals surface area contributed by atoms with Crippen molar-refractivity contribution in [3.8, 4) is 0 Å². The van der Waals surface area contributed by atoms with Gasteiger partial charge >= 0.3 is 0 Å². The van der Waals surface area contributed by atoms with Crippen LogP contribution in [0.5, 0.6) is 0 Å². The predicted molar refractivity (Wildman–Crippen MR) is 101 cm³/mol. The van der Waals surface area contributed by atoms with Crippen LogP contribution in [0, 0.1) is 5.82 Å². The van der Waals surface area contributed by atoms with Crippen LogP contribution in [0.25, 0.3) is 0 Å². The summed E-state index contributed by atoms with van der Waals surface area (Å²) < 4.78 is 38.5. The van der Waals surface area contributed by atoms with E-state index in [1.54, 1.807) is 50.2 Å². The first-order valence-electron chi connectivity index (χ1n) is 8.45. The lowest BCUT2D eigenvalue weighted by atomic mass is 10.1. The fourth-order valence-electron chi connectivity index (χ4n) is 2.59. The molecule has 26 heavy (non-hydrogen) atoms. The fourth-order valence-corrected chi connectivity index (χ4v) is 3.74. The minimum Gasteiger partial charge on any atom is -0.346 e. The van der Waals surface area contributed by atoms with Gasteiger partial charge in [0.2, 0.25) is 10.0 Å². The fraction of sp³-hybridized carbons (Fsp3) is 0.316. The van der Waals surface area contributed by atoms with Gasteiger partial charge in [-0.3, -0.25) is 9.10 Å². The number of sulfonamides is 1. The molecule has 0 radical (unpaired) electrons. The van der Waals surface area contributed by atoms with Crippen molar-refractivity contribution in [2.45, 2.75) is 26.8 Å². The van der Waals surface area contributed by atoms with Crippen LogP contribution in [0.1, 0.15) is 42.7 Å². The number of amides is 1. The topological polar surface area (TPSA) is 66.5 Å². The van der Waals surface area contributed by atoms with Gasteiger partial charge in [0.05, 0.1) is 17.5 Å². The van der Waals surface area contributed by atoms with Crippen LogP contribution in [0.15, 0.2) is 48.5 Å². The number of nitrogens with one attached hydrogen (secondary N) is 1. The number of halogens is 1. The van der Waals surface area contributed by atoms with E-state index in [1.165, 1.54) is 16.4 Å². The Bertz CT molecular complexity index is 849. The summed E-state index contributed by atoms with van der Waals surface area (Å²) in [5.41, 5.74) is 1.74. The van der Waals surface area contributed by atoms with E-state index < -0.39 is 10.0 Å². The molecule has 7 heteroatoms. The zero-order valence-electron chi connectivity index (χ0n) is 15.1. The van der Waals surface area contributed by atoms with Crippen LogP contribution in [-0.2, 0) is 10.0 Å². The number of carbonyl (C=O) groups excluding carboxylic acids is 1. The molecule has 0 saturated carbocycles. The second kappa shape index (κ2) is 8.31. The first-order valence-corrected chi connectivity index (χ1v) is 10.1. The van der Waals surface area contributed by atoms with Crippen molar-refractivity contribution in [2.75, 3.05) is 16.6 Å². The molecule has 0 aromatic heterocycles. The van der Waals surface area contributed by atoms with E-state index in [0.29, 0.717) is 17.8 Å². The van der Waals surface area contributed by atoms with Crippen molar-refractivity contribution >= 4 is 21.6 Å². The van der Waals surface area contributed by atoms with Crippen molar-refractivity contribution in [3.63, 3.8) is 0 Å². The maximum atomic E-state index is 13.0. The zero-order chi connectivity index (χ0) is 19.3. The molecule has 2 aromatic rings. The molecule has 0 aliphatic rings. The second-order valence-corrected chi connectivity index (χ2v) is 8.04. The standard InChI is InChI=1S/C19H23FN2O3S/c1-4-22(26(24,25)5-2)18-12-8-16(9-13-18)19(23)21-14(3)15-6-10-17(20)11-7-15/h6-14H,4-5H2,1-3H3,(H,21,23). The van der Waals surface area contributed by atoms with Crippen LogP contribution in [0.2, 0.25) is 0 Å². The third-order valence-corrected chi connectivity index (χ3v) is 5.99. The molecule has 1 amide bonds. The summed E-state index contributed by atoms with van der Waals surface area (Å²) in [5.74, 6) is -0.599. The molecule has 2 aromatic carbocycles. The lowest BCUT2D eigenvalue weighted by Gasteiger charge is -2.22. The van der Waals surface area contributed by atoms with Gasteiger partial charge in [0.1, 0.15) is 5.82 Å². The molecule has 140 valence electrons. The third-order valence-electron chi connectivity index (χ3n) is 4.12. The Morgan fingerprint density at radius 2 is 1.65 bits per heavy atom. The smallest absolute Gasteiger partial charge is 0.251 e. The number of carbonyl (C=O) groups is 1. The average molecular weight is 378 g/mol. The molecule has 2 rings (SSSR count). The van der Waals surface area contributed by atoms with Gasteiger partial charge in [-0.2, -0.15) is 0 Å². The molecule has 0 fully saturated rings. The van der Waals surface area contributed by atoms with Crippen molar-refractivity contribution in [2.24, 2.45) is 0 Å². The summed E-state index contributed by atoms with van der Waals surface area (Å²) in [4.78, 5) is 12.4. The molecule has 0 spiro atoms. The SMILES string of the molecule is CCN(c1ccc(C(=O)NC(C)c2ccc(F)cc2)cc1)S(=O)(=O)CC. The van der Waals surface area contributed by atoms with Crippen molar-refractivity contribution < 1.29 is 17.6 Å². The molecule has 0 aliphatic carbocycles. The van der Waals surface area contributed by atoms with E-state index >= 15 is 0 Å². The van der Waals surface area contributed by atoms with E-state index in [2.05, 4.69) is 5.32 Å². The molecule has 0 aliphatic heterocycles. The molecule has 1 N–H and O–H groups in total. The number of rotatable bonds is 7. The number of anilines is 1. The molecular weight excluding hydrogens is 355 g/mol. The maximum Gasteiger partial charge on any atom is 0.251 e. The minimum atomic E-state index is -3.35. The Morgan fingerprint density at radius 1 is 1.08 bits per heavy atom. The molecule has 0 bridgehead atoms. The van der Waals surface area contributed by atoms with E-state index in [9.17, 15) is 17.6 Å². The first-order chi connectivity index (χ1) is 12.3. The Balaban J connectivity index is 2.12. The van der Waals surface area contributed by atoms with E-state index in [0.717, 1.165) is 5.56 Å². The molecule has 0 heterocycles. The highest BCUT2D eigenvalue weighted by molar-refractivity contribution is 7.92. The van der Waals surface area contributed by atoms with Gasteiger partial charge in [-0.1, -0.05) is 12.1 Å². The van der Waals surface area contributed by atoms with E-state index in [-0.39, 0.29) is 23.5 Å². The Labute approximate surface area is 153 Å². The molecule has 1 atom stereocenters. The monoisotopic (exact) mass is 378 g/mol. The summed E-state index contributed by atoms with van der Waals surface area (Å²) in [7, 11) is -3.35. The van der Waals surface area contributed by atoms with Crippen molar-refractivity contribution in [1.82, 2.24) is 5.32 Å². The third kappa shape index (κ3) is 4.60. The number of benzene rings is 2. The highest BCUT2D eigenvalue weighted by Crippen LogP contribution is 2.20. The zero-order valence-corrected chi connectivity index (χ0v) is 15.9. The van der Waals surface area contributed by atoms with Crippen LogP contribution >= 0.6 is 0 Å². The quantitative estimate of drug-likeness (QED) is 0.802. The minimum absolute atomic E-state index is 0.0122. The van der Waals surface area contributed by atoms with Crippen LogP contribution in [0.4, 0.5) is 10.1 Å². The van der Waals surface area contributed by atoms with Crippen LogP contribution in [-0.4, -0.2) is 26.6 Å². The van der Waals surface area contributed by atoms with Gasteiger partial charge in [-0.15, -0.1) is 0 Å². The molecular formula is C19H23FN2O3S. The van der Waals surface area contributed by atoms with Gasteiger partial charge in [-0.25, -0.2) is 12.8 Å². The predicted octanol–water partition coefficient (Wildman–Crippen LogP) is 3.49. The largest absolute Gasteiger partial charge is 0.346 e. The molecule has 1 unspecified atom stereocenters. The van der Waals surface area contributed by atoms with E-state index in [4.69, 9.17) is 0 Å². The summed E-state index contributed by atoms with van der Waals surface area (Å²) in [6.07, 6.45) is 0. The number of hydrogen-bond donors (Lipinski definition) is 1. The highest BCUT2D eigenvalue weighted by Gasteiger charge is 2.19. The second-order valence-electron chi connectivity index (χ2n) is 5.86. The van der Waals surface area contributed by atoms with Gasteiger partial charge < -0.3 is 5.32 Å². The highest BCUT2D eigenvalue weighted by atomic mass is 32.2. The summed E-state index contributed by atoms with van der Waals surface area (Å²) >= 11 is 0. The Morgan fingerprint density at radius 3 is 2.15 bits per heavy atom. The number of hydrogen-bond acceptors (Lipinski definition) is 3. The molecule has 5 nitrogen and oxygen atoms in total. The average Bonchev–Trinajstić information content (AvgIpc) is 2.63. The van der Waals surface area contributed by atoms with E-state index in [1.807, 2.05) is 6.92 Å². The van der Waals surface area contributed by atoms with Gasteiger partial charge in [0.15, 0.2) is 0 Å². The van der Waals surface area contributed by atoms with Crippen molar-refractivity contribution in [1.29, 1.82) is 0 Å². The summed E-state index contributed by atoms with van der Waals surface area (Å²) in [5, 5.41) is 2.84. The van der Waals surface area contributed by atoms with Gasteiger partial charge in [-0.05, 0) is 62.7 Å². The summed E-state index contributed by atoms with van der Waals surface area (Å²) in [6.45, 7) is 5.49. The van der Waals surface area contributed by atoms with Crippen LogP contribution < -0.4 is 9.62 Å². The van der Waals surface area contributed by atoms with Crippen molar-refractivity contribution in [3.05, 3.63) is 65.5 Å². The van der Waals surface area contributed by atoms with Gasteiger partial charge in [0, 0.05) is 12.1 Å². The normalized spacial score (nSPS) is 12.5. The van der Waals surface area contributed by atoms with Gasteiger partial charge in [0.25, 0.3) is 5.91 Å². The lowest BCUT2D eigenvalue weighted by Crippen LogP contribution is -2.32. The Hall–Kier alpha value is -2.41. The Kier molecular flexibility index (Phi) is 6.37.